The molecule has 0 amide bonds. The number of benzene rings is 1. The normalized spacial score (nSPS) is 18.8. The number of rotatable bonds is 5. The zero-order chi connectivity index (χ0) is 12.4. The van der Waals surface area contributed by atoms with Crippen LogP contribution in [0.2, 0.25) is 5.02 Å². The fraction of sp³-hybridized carbons (Fsp3) is 0.538. The van der Waals surface area contributed by atoms with E-state index in [4.69, 9.17) is 21.1 Å². The number of aliphatic hydroxyl groups excluding tert-OH is 1. The molecule has 2 unspecified atom stereocenters. The Balaban J connectivity index is 2.20. The van der Waals surface area contributed by atoms with E-state index in [-0.39, 0.29) is 6.10 Å². The summed E-state index contributed by atoms with van der Waals surface area (Å²) in [5.74, 6) is 1.05. The number of methoxy groups -OCH3 is 2. The molecule has 0 aliphatic heterocycles. The van der Waals surface area contributed by atoms with E-state index in [1.807, 2.05) is 6.07 Å². The van der Waals surface area contributed by atoms with Gasteiger partial charge in [-0.2, -0.15) is 0 Å². The second-order valence-electron chi connectivity index (χ2n) is 4.38. The average Bonchev–Trinajstić information content (AvgIpc) is 3.15. The Bertz CT molecular complexity index is 390. The lowest BCUT2D eigenvalue weighted by atomic mass is 10.0. The van der Waals surface area contributed by atoms with Crippen LogP contribution in [0.15, 0.2) is 18.2 Å². The molecule has 1 saturated carbocycles. The van der Waals surface area contributed by atoms with Crippen LogP contribution in [0.1, 0.15) is 24.5 Å². The maximum Gasteiger partial charge on any atom is 0.137 e. The van der Waals surface area contributed by atoms with Crippen LogP contribution < -0.4 is 4.74 Å². The van der Waals surface area contributed by atoms with Crippen molar-refractivity contribution in [3.05, 3.63) is 28.8 Å². The molecule has 0 aromatic heterocycles. The van der Waals surface area contributed by atoms with Crippen molar-refractivity contribution in [1.82, 2.24) is 0 Å². The van der Waals surface area contributed by atoms with Gasteiger partial charge in [0.15, 0.2) is 0 Å². The highest BCUT2D eigenvalue weighted by molar-refractivity contribution is 6.32. The summed E-state index contributed by atoms with van der Waals surface area (Å²) in [7, 11) is 3.20. The van der Waals surface area contributed by atoms with Gasteiger partial charge in [-0.1, -0.05) is 17.7 Å². The maximum atomic E-state index is 10.3. The van der Waals surface area contributed by atoms with Crippen LogP contribution in [-0.2, 0) is 4.74 Å². The molecule has 4 heteroatoms. The lowest BCUT2D eigenvalue weighted by Gasteiger charge is -2.22. The Hall–Kier alpha value is -0.770. The van der Waals surface area contributed by atoms with Gasteiger partial charge in [0.1, 0.15) is 11.9 Å². The van der Waals surface area contributed by atoms with Gasteiger partial charge >= 0.3 is 0 Å². The maximum absolute atomic E-state index is 10.3. The topological polar surface area (TPSA) is 38.7 Å². The second kappa shape index (κ2) is 5.25. The number of hydrogen-bond acceptors (Lipinski definition) is 3. The second-order valence-corrected chi connectivity index (χ2v) is 4.78. The van der Waals surface area contributed by atoms with Crippen LogP contribution >= 0.6 is 11.6 Å². The highest BCUT2D eigenvalue weighted by atomic mass is 35.5. The van der Waals surface area contributed by atoms with Crippen molar-refractivity contribution in [2.75, 3.05) is 14.2 Å². The number of ether oxygens (including phenoxy) is 2. The first-order chi connectivity index (χ1) is 8.17. The van der Waals surface area contributed by atoms with E-state index in [0.29, 0.717) is 16.7 Å². The molecule has 2 rings (SSSR count). The molecule has 1 aliphatic carbocycles. The van der Waals surface area contributed by atoms with E-state index in [1.165, 1.54) is 0 Å². The predicted molar refractivity (Wildman–Crippen MR) is 66.5 cm³/mol. The summed E-state index contributed by atoms with van der Waals surface area (Å²) in [4.78, 5) is 0. The smallest absolute Gasteiger partial charge is 0.137 e. The molecule has 0 saturated heterocycles. The molecule has 94 valence electrons. The lowest BCUT2D eigenvalue weighted by Crippen LogP contribution is -2.23. The van der Waals surface area contributed by atoms with E-state index in [2.05, 4.69) is 0 Å². The Kier molecular flexibility index (Phi) is 3.92. The van der Waals surface area contributed by atoms with Crippen molar-refractivity contribution in [2.24, 2.45) is 5.92 Å². The molecule has 0 heterocycles. The zero-order valence-electron chi connectivity index (χ0n) is 10.0. The Labute approximate surface area is 106 Å². The van der Waals surface area contributed by atoms with Gasteiger partial charge in [-0.15, -0.1) is 0 Å². The number of aliphatic hydroxyl groups is 1. The van der Waals surface area contributed by atoms with Crippen LogP contribution in [-0.4, -0.2) is 25.4 Å². The molecule has 0 spiro atoms. The molecule has 0 radical (unpaired) electrons. The fourth-order valence-corrected chi connectivity index (χ4v) is 2.25. The summed E-state index contributed by atoms with van der Waals surface area (Å²) < 4.78 is 10.5. The van der Waals surface area contributed by atoms with Crippen molar-refractivity contribution >= 4 is 11.6 Å². The summed E-state index contributed by atoms with van der Waals surface area (Å²) >= 11 is 5.95. The molecule has 2 atom stereocenters. The van der Waals surface area contributed by atoms with Gasteiger partial charge in [-0.25, -0.2) is 0 Å². The largest absolute Gasteiger partial charge is 0.495 e. The molecule has 0 bridgehead atoms. The summed E-state index contributed by atoms with van der Waals surface area (Å²) in [6, 6.07) is 5.31. The first-order valence-corrected chi connectivity index (χ1v) is 6.09. The minimum absolute atomic E-state index is 0.138. The molecule has 1 aromatic rings. The van der Waals surface area contributed by atoms with Crippen LogP contribution in [0.3, 0.4) is 0 Å². The summed E-state index contributed by atoms with van der Waals surface area (Å²) in [6.07, 6.45) is 1.49. The van der Waals surface area contributed by atoms with Crippen LogP contribution in [0.25, 0.3) is 0 Å². The van der Waals surface area contributed by atoms with Crippen molar-refractivity contribution in [1.29, 1.82) is 0 Å². The van der Waals surface area contributed by atoms with Crippen LogP contribution in [0.4, 0.5) is 0 Å². The Morgan fingerprint density at radius 1 is 1.35 bits per heavy atom. The number of hydrogen-bond donors (Lipinski definition) is 1. The van der Waals surface area contributed by atoms with Gasteiger partial charge in [0.2, 0.25) is 0 Å². The third kappa shape index (κ3) is 2.73. The van der Waals surface area contributed by atoms with E-state index in [9.17, 15) is 5.11 Å². The Morgan fingerprint density at radius 3 is 2.59 bits per heavy atom. The molecule has 1 N–H and O–H groups in total. The fourth-order valence-electron chi connectivity index (χ4n) is 2.05. The van der Waals surface area contributed by atoms with Crippen molar-refractivity contribution in [2.45, 2.75) is 25.0 Å². The molecule has 1 fully saturated rings. The highest BCUT2D eigenvalue weighted by Gasteiger charge is 2.36. The summed E-state index contributed by atoms with van der Waals surface area (Å²) in [6.45, 7) is 0. The van der Waals surface area contributed by atoms with Gasteiger partial charge in [-0.3, -0.25) is 0 Å². The summed E-state index contributed by atoms with van der Waals surface area (Å²) in [5, 5.41) is 10.8. The van der Waals surface area contributed by atoms with Crippen LogP contribution in [0.5, 0.6) is 5.75 Å². The van der Waals surface area contributed by atoms with Gasteiger partial charge < -0.3 is 14.6 Å². The van der Waals surface area contributed by atoms with Crippen molar-refractivity contribution in [3.8, 4) is 5.75 Å². The molecule has 1 aromatic carbocycles. The standard InChI is InChI=1S/C13H17ClO3/c1-16-11-7-9(5-6-10(11)14)12(15)13(17-2)8-3-4-8/h5-8,12-13,15H,3-4H2,1-2H3. The average molecular weight is 257 g/mol. The Morgan fingerprint density at radius 2 is 2.06 bits per heavy atom. The predicted octanol–water partition coefficient (Wildman–Crippen LogP) is 2.81. The molecular formula is C13H17ClO3. The molecule has 17 heavy (non-hydrogen) atoms. The first-order valence-electron chi connectivity index (χ1n) is 5.71. The van der Waals surface area contributed by atoms with Gasteiger partial charge in [0.25, 0.3) is 0 Å². The van der Waals surface area contributed by atoms with Crippen LogP contribution in [0, 0.1) is 5.92 Å². The van der Waals surface area contributed by atoms with Crippen molar-refractivity contribution < 1.29 is 14.6 Å². The molecule has 3 nitrogen and oxygen atoms in total. The minimum atomic E-state index is -0.626. The highest BCUT2D eigenvalue weighted by Crippen LogP contribution is 2.40. The van der Waals surface area contributed by atoms with Crippen molar-refractivity contribution in [3.63, 3.8) is 0 Å². The summed E-state index contributed by atoms with van der Waals surface area (Å²) in [5.41, 5.74) is 0.782. The molecular weight excluding hydrogens is 240 g/mol. The third-order valence-corrected chi connectivity index (χ3v) is 3.50. The quantitative estimate of drug-likeness (QED) is 0.881. The zero-order valence-corrected chi connectivity index (χ0v) is 10.8. The lowest BCUT2D eigenvalue weighted by molar-refractivity contribution is -0.0260. The van der Waals surface area contributed by atoms with E-state index >= 15 is 0 Å². The van der Waals surface area contributed by atoms with Gasteiger partial charge in [0, 0.05) is 7.11 Å². The SMILES string of the molecule is COc1cc(C(O)C(OC)C2CC2)ccc1Cl. The van der Waals surface area contributed by atoms with E-state index in [0.717, 1.165) is 18.4 Å². The van der Waals surface area contributed by atoms with Gasteiger partial charge in [0.05, 0.1) is 18.2 Å². The minimum Gasteiger partial charge on any atom is -0.495 e. The monoisotopic (exact) mass is 256 g/mol. The van der Waals surface area contributed by atoms with E-state index in [1.54, 1.807) is 26.4 Å². The molecule has 1 aliphatic rings. The number of halogens is 1. The first kappa shape index (κ1) is 12.7. The van der Waals surface area contributed by atoms with Gasteiger partial charge in [-0.05, 0) is 36.5 Å². The third-order valence-electron chi connectivity index (χ3n) is 3.19. The van der Waals surface area contributed by atoms with E-state index < -0.39 is 6.10 Å².